The minimum absolute atomic E-state index is 0.170. The Hall–Kier alpha value is -3.20. The van der Waals surface area contributed by atoms with E-state index in [1.165, 1.54) is 6.42 Å². The molecule has 0 amide bonds. The second-order valence-electron chi connectivity index (χ2n) is 11.0. The molecule has 8 nitrogen and oxygen atoms in total. The number of aromatic nitrogens is 3. The van der Waals surface area contributed by atoms with Gasteiger partial charge >= 0.3 is 5.97 Å². The molecule has 1 N–H and O–H groups in total. The Kier molecular flexibility index (Phi) is 8.15. The molecule has 10 heteroatoms. The molecule has 2 aliphatic rings. The van der Waals surface area contributed by atoms with E-state index in [1.807, 2.05) is 6.07 Å². The summed E-state index contributed by atoms with van der Waals surface area (Å²) in [6, 6.07) is 11.9. The van der Waals surface area contributed by atoms with Crippen LogP contribution in [0.2, 0.25) is 10.0 Å². The minimum Gasteiger partial charge on any atom is -0.478 e. The van der Waals surface area contributed by atoms with Crippen LogP contribution in [0.5, 0.6) is 0 Å². The highest BCUT2D eigenvalue weighted by molar-refractivity contribution is 6.39. The van der Waals surface area contributed by atoms with Crippen molar-refractivity contribution in [2.75, 3.05) is 6.61 Å². The van der Waals surface area contributed by atoms with Gasteiger partial charge in [-0.3, -0.25) is 0 Å². The highest BCUT2D eigenvalue weighted by Crippen LogP contribution is 2.46. The largest absolute Gasteiger partial charge is 0.478 e. The van der Waals surface area contributed by atoms with Crippen molar-refractivity contribution in [3.8, 4) is 22.7 Å². The molecular weight excluding hydrogens is 565 g/mol. The van der Waals surface area contributed by atoms with E-state index in [-0.39, 0.29) is 11.0 Å². The van der Waals surface area contributed by atoms with Crippen LogP contribution in [0.1, 0.15) is 91.2 Å². The van der Waals surface area contributed by atoms with Gasteiger partial charge < -0.3 is 18.9 Å². The lowest BCUT2D eigenvalue weighted by Crippen LogP contribution is -2.31. The maximum atomic E-state index is 11.2. The van der Waals surface area contributed by atoms with Crippen molar-refractivity contribution in [1.29, 1.82) is 0 Å². The van der Waals surface area contributed by atoms with Gasteiger partial charge in [-0.25, -0.2) is 4.79 Å². The normalized spacial score (nSPS) is 16.6. The first-order valence-corrected chi connectivity index (χ1v) is 14.9. The van der Waals surface area contributed by atoms with Crippen molar-refractivity contribution < 1.29 is 23.7 Å². The fraction of sp³-hybridized carbons (Fsp3) is 0.419. The van der Waals surface area contributed by atoms with E-state index in [1.54, 1.807) is 36.4 Å². The summed E-state index contributed by atoms with van der Waals surface area (Å²) < 4.78 is 17.6. The van der Waals surface area contributed by atoms with Gasteiger partial charge in [0.05, 0.1) is 22.2 Å². The molecular formula is C31H31Cl2N3O5. The summed E-state index contributed by atoms with van der Waals surface area (Å²) in [4.78, 5) is 16.0. The van der Waals surface area contributed by atoms with Crippen LogP contribution in [-0.4, -0.2) is 33.0 Å². The second-order valence-corrected chi connectivity index (χ2v) is 11.9. The Morgan fingerprint density at radius 3 is 2.41 bits per heavy atom. The fourth-order valence-corrected chi connectivity index (χ4v) is 6.44. The van der Waals surface area contributed by atoms with Crippen molar-refractivity contribution in [3.05, 3.63) is 75.2 Å². The average molecular weight is 597 g/mol. The van der Waals surface area contributed by atoms with Crippen LogP contribution < -0.4 is 0 Å². The van der Waals surface area contributed by atoms with E-state index in [0.29, 0.717) is 51.9 Å². The third kappa shape index (κ3) is 5.92. The predicted octanol–water partition coefficient (Wildman–Crippen LogP) is 8.47. The highest BCUT2D eigenvalue weighted by Gasteiger charge is 2.38. The van der Waals surface area contributed by atoms with Gasteiger partial charge in [0, 0.05) is 34.6 Å². The zero-order valence-corrected chi connectivity index (χ0v) is 24.1. The Labute approximate surface area is 248 Å². The molecule has 2 aromatic carbocycles. The van der Waals surface area contributed by atoms with Crippen molar-refractivity contribution in [1.82, 2.24) is 15.3 Å². The Morgan fingerprint density at radius 2 is 1.73 bits per heavy atom. The molecule has 2 saturated carbocycles. The van der Waals surface area contributed by atoms with Crippen LogP contribution in [-0.2, 0) is 16.8 Å². The molecule has 0 unspecified atom stereocenters. The predicted molar refractivity (Wildman–Crippen MR) is 154 cm³/mol. The first-order chi connectivity index (χ1) is 19.9. The van der Waals surface area contributed by atoms with Crippen LogP contribution in [0.4, 0.5) is 0 Å². The molecule has 2 heterocycles. The number of halogens is 2. The van der Waals surface area contributed by atoms with E-state index < -0.39 is 5.97 Å². The smallest absolute Gasteiger partial charge is 0.335 e. The van der Waals surface area contributed by atoms with Crippen molar-refractivity contribution in [3.63, 3.8) is 0 Å². The standard InChI is InChI=1S/C31H31Cl2N3O5/c32-23-6-4-7-24(33)25(23)26-22(27(40-35-26)19-8-9-19)18-39-17-5-16-31(14-2-1-3-15-31)30-34-28(41-36-30)20-10-12-21(13-11-20)29(37)38/h4,6-7,10-13,19H,1-3,5,8-9,14-18H2,(H,37,38). The summed E-state index contributed by atoms with van der Waals surface area (Å²) in [7, 11) is 0. The topological polar surface area (TPSA) is 111 Å². The Morgan fingerprint density at radius 1 is 1.00 bits per heavy atom. The molecule has 6 rings (SSSR count). The molecule has 214 valence electrons. The summed E-state index contributed by atoms with van der Waals surface area (Å²) in [5.41, 5.74) is 3.01. The van der Waals surface area contributed by atoms with E-state index in [4.69, 9.17) is 42.0 Å². The number of carboxylic acids is 1. The van der Waals surface area contributed by atoms with Crippen LogP contribution in [0.25, 0.3) is 22.7 Å². The Bertz CT molecular complexity index is 1500. The minimum atomic E-state index is -0.970. The lowest BCUT2D eigenvalue weighted by atomic mass is 9.70. The third-order valence-electron chi connectivity index (χ3n) is 8.25. The average Bonchev–Trinajstić information content (AvgIpc) is 3.54. The SMILES string of the molecule is O=C(O)c1ccc(-c2nc(C3(CCCOCc4c(-c5c(Cl)cccc5Cl)noc4C4CC4)CCCCC3)no2)cc1. The van der Waals surface area contributed by atoms with Crippen LogP contribution >= 0.6 is 23.2 Å². The van der Waals surface area contributed by atoms with Crippen molar-refractivity contribution >= 4 is 29.2 Å². The molecule has 41 heavy (non-hydrogen) atoms. The zero-order chi connectivity index (χ0) is 28.4. The van der Waals surface area contributed by atoms with Gasteiger partial charge in [-0.1, -0.05) is 58.8 Å². The number of ether oxygens (including phenoxy) is 1. The Balaban J connectivity index is 1.13. The maximum absolute atomic E-state index is 11.2. The molecule has 0 spiro atoms. The molecule has 2 aliphatic carbocycles. The highest BCUT2D eigenvalue weighted by atomic mass is 35.5. The lowest BCUT2D eigenvalue weighted by molar-refractivity contribution is 0.0697. The third-order valence-corrected chi connectivity index (χ3v) is 8.88. The van der Waals surface area contributed by atoms with Gasteiger partial charge in [0.1, 0.15) is 11.5 Å². The van der Waals surface area contributed by atoms with E-state index >= 15 is 0 Å². The van der Waals surface area contributed by atoms with Gasteiger partial charge in [0.25, 0.3) is 5.89 Å². The number of rotatable bonds is 11. The monoisotopic (exact) mass is 595 g/mol. The maximum Gasteiger partial charge on any atom is 0.335 e. The summed E-state index contributed by atoms with van der Waals surface area (Å²) in [5.74, 6) is 1.40. The number of carbonyl (C=O) groups is 1. The molecule has 2 fully saturated rings. The molecule has 0 saturated heterocycles. The van der Waals surface area contributed by atoms with E-state index in [9.17, 15) is 9.90 Å². The summed E-state index contributed by atoms with van der Waals surface area (Å²) in [5, 5.41) is 19.0. The first kappa shape index (κ1) is 27.9. The molecule has 4 aromatic rings. The quantitative estimate of drug-likeness (QED) is 0.172. The molecule has 0 radical (unpaired) electrons. The summed E-state index contributed by atoms with van der Waals surface area (Å²) >= 11 is 13.0. The summed E-state index contributed by atoms with van der Waals surface area (Å²) in [6.45, 7) is 0.937. The number of hydrogen-bond donors (Lipinski definition) is 1. The molecule has 0 bridgehead atoms. The summed E-state index contributed by atoms with van der Waals surface area (Å²) in [6.07, 6.45) is 9.30. The number of nitrogens with zero attached hydrogens (tertiary/aromatic N) is 3. The number of aromatic carboxylic acids is 1. The second kappa shape index (κ2) is 12.0. The van der Waals surface area contributed by atoms with Gasteiger partial charge in [0.2, 0.25) is 0 Å². The lowest BCUT2D eigenvalue weighted by Gasteiger charge is -2.34. The number of benzene rings is 2. The van der Waals surface area contributed by atoms with E-state index in [2.05, 4.69) is 10.3 Å². The molecule has 0 aliphatic heterocycles. The van der Waals surface area contributed by atoms with Crippen LogP contribution in [0.3, 0.4) is 0 Å². The van der Waals surface area contributed by atoms with Gasteiger partial charge in [-0.2, -0.15) is 4.98 Å². The fourth-order valence-electron chi connectivity index (χ4n) is 5.86. The number of carboxylic acid groups (broad SMARTS) is 1. The zero-order valence-electron chi connectivity index (χ0n) is 22.6. The number of hydrogen-bond acceptors (Lipinski definition) is 7. The first-order valence-electron chi connectivity index (χ1n) is 14.1. The van der Waals surface area contributed by atoms with Crippen molar-refractivity contribution in [2.24, 2.45) is 0 Å². The molecule has 0 atom stereocenters. The van der Waals surface area contributed by atoms with Crippen molar-refractivity contribution in [2.45, 2.75) is 75.7 Å². The van der Waals surface area contributed by atoms with E-state index in [0.717, 1.165) is 68.5 Å². The van der Waals surface area contributed by atoms with Gasteiger partial charge in [-0.15, -0.1) is 0 Å². The van der Waals surface area contributed by atoms with Gasteiger partial charge in [-0.05, 0) is 74.9 Å². The van der Waals surface area contributed by atoms with Gasteiger partial charge in [0.15, 0.2) is 5.82 Å². The van der Waals surface area contributed by atoms with Crippen LogP contribution in [0, 0.1) is 0 Å². The molecule has 2 aromatic heterocycles. The van der Waals surface area contributed by atoms with Crippen LogP contribution in [0.15, 0.2) is 51.5 Å².